The predicted octanol–water partition coefficient (Wildman–Crippen LogP) is 4.00. The maximum absolute atomic E-state index is 12.9. The number of carbonyl (C=O) groups excluding carboxylic acids is 2. The Morgan fingerprint density at radius 1 is 1.03 bits per heavy atom. The molecular weight excluding hydrogens is 370 g/mol. The second-order valence-corrected chi connectivity index (χ2v) is 7.31. The van der Waals surface area contributed by atoms with E-state index >= 15 is 0 Å². The summed E-state index contributed by atoms with van der Waals surface area (Å²) in [6.07, 6.45) is 4.94. The van der Waals surface area contributed by atoms with Crippen LogP contribution in [0.1, 0.15) is 39.5 Å². The molecule has 0 saturated heterocycles. The summed E-state index contributed by atoms with van der Waals surface area (Å²) in [5.41, 5.74) is 2.58. The molecule has 2 amide bonds. The van der Waals surface area contributed by atoms with Crippen LogP contribution in [0.4, 0.5) is 11.4 Å². The Balaban J connectivity index is 1.60. The quantitative estimate of drug-likeness (QED) is 0.656. The van der Waals surface area contributed by atoms with E-state index in [4.69, 9.17) is 8.83 Å². The topological polar surface area (TPSA) is 78.9 Å². The number of carbonyl (C=O) groups is 2. The number of hydrogen-bond donors (Lipinski definition) is 1. The van der Waals surface area contributed by atoms with Gasteiger partial charge in [-0.3, -0.25) is 9.59 Å². The van der Waals surface area contributed by atoms with Crippen molar-refractivity contribution in [1.82, 2.24) is 4.90 Å². The third kappa shape index (κ3) is 4.18. The lowest BCUT2D eigenvalue weighted by Crippen LogP contribution is -2.33. The van der Waals surface area contributed by atoms with Crippen molar-refractivity contribution in [2.75, 3.05) is 24.3 Å². The van der Waals surface area contributed by atoms with Gasteiger partial charge in [-0.05, 0) is 60.9 Å². The maximum Gasteiger partial charge on any atom is 0.291 e. The Morgan fingerprint density at radius 2 is 1.72 bits per heavy atom. The summed E-state index contributed by atoms with van der Waals surface area (Å²) in [6.45, 7) is 0.433. The molecule has 7 heteroatoms. The fourth-order valence-electron chi connectivity index (χ4n) is 3.30. The molecule has 1 N–H and O–H groups in total. The number of anilines is 2. The molecule has 150 valence electrons. The number of nitrogens with one attached hydrogen (secondary N) is 1. The molecule has 3 aromatic rings. The van der Waals surface area contributed by atoms with E-state index in [-0.39, 0.29) is 23.6 Å². The van der Waals surface area contributed by atoms with Crippen molar-refractivity contribution in [2.45, 2.75) is 25.4 Å². The Hall–Kier alpha value is -3.48. The van der Waals surface area contributed by atoms with Gasteiger partial charge in [0.1, 0.15) is 0 Å². The van der Waals surface area contributed by atoms with E-state index in [0.29, 0.717) is 18.0 Å². The monoisotopic (exact) mass is 393 g/mol. The molecule has 1 saturated carbocycles. The molecule has 0 aliphatic heterocycles. The predicted molar refractivity (Wildman–Crippen MR) is 109 cm³/mol. The van der Waals surface area contributed by atoms with Crippen molar-refractivity contribution in [3.8, 4) is 0 Å². The van der Waals surface area contributed by atoms with Crippen LogP contribution >= 0.6 is 0 Å². The Labute approximate surface area is 168 Å². The van der Waals surface area contributed by atoms with E-state index < -0.39 is 0 Å². The van der Waals surface area contributed by atoms with Gasteiger partial charge in [0.05, 0.1) is 12.5 Å². The second kappa shape index (κ2) is 7.87. The molecule has 29 heavy (non-hydrogen) atoms. The Kier molecular flexibility index (Phi) is 5.12. The first-order valence-corrected chi connectivity index (χ1v) is 9.52. The molecule has 0 radical (unpaired) electrons. The second-order valence-electron chi connectivity index (χ2n) is 7.31. The van der Waals surface area contributed by atoms with E-state index in [1.807, 2.05) is 42.1 Å². The minimum Gasteiger partial charge on any atom is -0.459 e. The largest absolute Gasteiger partial charge is 0.459 e. The summed E-state index contributed by atoms with van der Waals surface area (Å²) < 4.78 is 10.5. The van der Waals surface area contributed by atoms with Gasteiger partial charge in [-0.1, -0.05) is 0 Å². The van der Waals surface area contributed by atoms with Crippen LogP contribution in [0.3, 0.4) is 0 Å². The fraction of sp³-hybridized carbons (Fsp3) is 0.273. The highest BCUT2D eigenvalue weighted by atomic mass is 16.3. The molecule has 1 fully saturated rings. The zero-order valence-electron chi connectivity index (χ0n) is 16.4. The van der Waals surface area contributed by atoms with Crippen molar-refractivity contribution in [3.05, 3.63) is 72.1 Å². The molecule has 1 aliphatic rings. The van der Waals surface area contributed by atoms with Crippen LogP contribution < -0.4 is 10.2 Å². The molecule has 7 nitrogen and oxygen atoms in total. The zero-order chi connectivity index (χ0) is 20.4. The standard InChI is InChI=1S/C22H23N3O4/c1-24(2)18-10-7-16(23-21(26)19-5-3-11-28-19)13-15(18)14-25(17-8-9-17)22(27)20-6-4-12-29-20/h3-7,10-13,17H,8-9,14H2,1-2H3,(H,23,26). The van der Waals surface area contributed by atoms with Crippen molar-refractivity contribution in [2.24, 2.45) is 0 Å². The molecule has 0 bridgehead atoms. The van der Waals surface area contributed by atoms with Gasteiger partial charge in [0.25, 0.3) is 11.8 Å². The maximum atomic E-state index is 12.9. The highest BCUT2D eigenvalue weighted by Crippen LogP contribution is 2.33. The number of rotatable bonds is 7. The summed E-state index contributed by atoms with van der Waals surface area (Å²) in [4.78, 5) is 29.1. The van der Waals surface area contributed by atoms with Crippen LogP contribution in [0, 0.1) is 0 Å². The summed E-state index contributed by atoms with van der Waals surface area (Å²) in [5, 5.41) is 2.85. The van der Waals surface area contributed by atoms with Crippen molar-refractivity contribution in [1.29, 1.82) is 0 Å². The molecule has 4 rings (SSSR count). The van der Waals surface area contributed by atoms with Crippen LogP contribution in [-0.4, -0.2) is 36.9 Å². The third-order valence-corrected chi connectivity index (χ3v) is 4.89. The van der Waals surface area contributed by atoms with Gasteiger partial charge in [0.15, 0.2) is 11.5 Å². The van der Waals surface area contributed by atoms with Gasteiger partial charge in [-0.2, -0.15) is 0 Å². The number of nitrogens with zero attached hydrogens (tertiary/aromatic N) is 2. The average molecular weight is 393 g/mol. The molecule has 2 heterocycles. The highest BCUT2D eigenvalue weighted by Gasteiger charge is 2.34. The molecule has 0 atom stereocenters. The minimum absolute atomic E-state index is 0.118. The summed E-state index contributed by atoms with van der Waals surface area (Å²) in [5.74, 6) is 0.151. The van der Waals surface area contributed by atoms with E-state index in [9.17, 15) is 9.59 Å². The van der Waals surface area contributed by atoms with Gasteiger partial charge >= 0.3 is 0 Å². The first-order chi connectivity index (χ1) is 14.0. The zero-order valence-corrected chi connectivity index (χ0v) is 16.4. The normalized spacial score (nSPS) is 13.2. The molecule has 1 aromatic carbocycles. The molecular formula is C22H23N3O4. The van der Waals surface area contributed by atoms with Crippen LogP contribution in [0.5, 0.6) is 0 Å². The van der Waals surface area contributed by atoms with Crippen LogP contribution in [0.15, 0.2) is 63.8 Å². The SMILES string of the molecule is CN(C)c1ccc(NC(=O)c2ccco2)cc1CN(C(=O)c1ccco1)C1CC1. The van der Waals surface area contributed by atoms with Gasteiger partial charge in [-0.15, -0.1) is 0 Å². The van der Waals surface area contributed by atoms with Gasteiger partial charge < -0.3 is 24.0 Å². The number of furan rings is 2. The van der Waals surface area contributed by atoms with Gasteiger partial charge in [0.2, 0.25) is 0 Å². The molecule has 0 spiro atoms. The van der Waals surface area contributed by atoms with E-state index in [1.165, 1.54) is 12.5 Å². The lowest BCUT2D eigenvalue weighted by Gasteiger charge is -2.25. The summed E-state index contributed by atoms with van der Waals surface area (Å²) >= 11 is 0. The summed E-state index contributed by atoms with van der Waals surface area (Å²) in [6, 6.07) is 12.6. The van der Waals surface area contributed by atoms with E-state index in [1.54, 1.807) is 24.3 Å². The smallest absolute Gasteiger partial charge is 0.291 e. The molecule has 0 unspecified atom stereocenters. The van der Waals surface area contributed by atoms with E-state index in [2.05, 4.69) is 5.32 Å². The third-order valence-electron chi connectivity index (χ3n) is 4.89. The number of benzene rings is 1. The first-order valence-electron chi connectivity index (χ1n) is 9.52. The Bertz CT molecular complexity index is 989. The summed E-state index contributed by atoms with van der Waals surface area (Å²) in [7, 11) is 3.91. The lowest BCUT2D eigenvalue weighted by molar-refractivity contribution is 0.0697. The average Bonchev–Trinajstić information content (AvgIpc) is 3.17. The van der Waals surface area contributed by atoms with Crippen LogP contribution in [-0.2, 0) is 6.54 Å². The Morgan fingerprint density at radius 3 is 2.31 bits per heavy atom. The molecule has 1 aliphatic carbocycles. The lowest BCUT2D eigenvalue weighted by atomic mass is 10.1. The van der Waals surface area contributed by atoms with Crippen LogP contribution in [0.25, 0.3) is 0 Å². The van der Waals surface area contributed by atoms with Crippen molar-refractivity contribution < 1.29 is 18.4 Å². The van der Waals surface area contributed by atoms with Crippen molar-refractivity contribution >= 4 is 23.2 Å². The highest BCUT2D eigenvalue weighted by molar-refractivity contribution is 6.02. The number of amides is 2. The number of hydrogen-bond acceptors (Lipinski definition) is 5. The van der Waals surface area contributed by atoms with Crippen molar-refractivity contribution in [3.63, 3.8) is 0 Å². The van der Waals surface area contributed by atoms with E-state index in [0.717, 1.165) is 24.1 Å². The van der Waals surface area contributed by atoms with Gasteiger partial charge in [0, 0.05) is 38.1 Å². The fourth-order valence-corrected chi connectivity index (χ4v) is 3.30. The first kappa shape index (κ1) is 18.9. The van der Waals surface area contributed by atoms with Crippen LogP contribution in [0.2, 0.25) is 0 Å². The van der Waals surface area contributed by atoms with Gasteiger partial charge in [-0.25, -0.2) is 0 Å². The minimum atomic E-state index is -0.315. The molecule has 2 aromatic heterocycles.